The van der Waals surface area contributed by atoms with Crippen molar-refractivity contribution in [2.75, 3.05) is 24.2 Å². The van der Waals surface area contributed by atoms with Gasteiger partial charge in [0, 0.05) is 17.8 Å². The maximum atomic E-state index is 13.2. The molecule has 0 aliphatic rings. The van der Waals surface area contributed by atoms with Crippen molar-refractivity contribution in [1.82, 2.24) is 0 Å². The van der Waals surface area contributed by atoms with Gasteiger partial charge in [-0.3, -0.25) is 19.7 Å². The number of quaternary nitrogens is 1. The summed E-state index contributed by atoms with van der Waals surface area (Å²) in [6.45, 7) is 1.55. The Morgan fingerprint density at radius 2 is 1.96 bits per heavy atom. The number of nitrogens with one attached hydrogen (secondary N) is 3. The van der Waals surface area contributed by atoms with Gasteiger partial charge in [0.15, 0.2) is 12.6 Å². The zero-order valence-electron chi connectivity index (χ0n) is 15.2. The molecule has 0 bridgehead atoms. The molecule has 148 valence electrons. The van der Waals surface area contributed by atoms with E-state index in [4.69, 9.17) is 11.6 Å². The largest absolute Gasteiger partial charge is 0.321 e. The minimum absolute atomic E-state index is 0.0478. The number of benzene rings is 2. The molecule has 2 atom stereocenters. The van der Waals surface area contributed by atoms with Gasteiger partial charge in [0.05, 0.1) is 22.7 Å². The Morgan fingerprint density at radius 1 is 1.25 bits per heavy atom. The minimum Gasteiger partial charge on any atom is -0.321 e. The Labute approximate surface area is 165 Å². The number of non-ortho nitro benzene ring substituents is 1. The number of nitro groups is 1. The van der Waals surface area contributed by atoms with E-state index in [0.717, 1.165) is 0 Å². The number of nitro benzene ring substituents is 1. The first-order valence-electron chi connectivity index (χ1n) is 8.30. The lowest BCUT2D eigenvalue weighted by Gasteiger charge is -2.21. The van der Waals surface area contributed by atoms with Crippen LogP contribution in [0.25, 0.3) is 0 Å². The van der Waals surface area contributed by atoms with Crippen molar-refractivity contribution >= 4 is 40.5 Å². The lowest BCUT2D eigenvalue weighted by atomic mass is 10.2. The molecule has 0 fully saturated rings. The molecule has 2 aromatic rings. The molecule has 10 heteroatoms. The van der Waals surface area contributed by atoms with Crippen LogP contribution in [-0.4, -0.2) is 36.4 Å². The number of rotatable bonds is 7. The molecular formula is C18H19ClFN4O4+. The fraction of sp³-hybridized carbons (Fsp3) is 0.222. The van der Waals surface area contributed by atoms with Crippen LogP contribution in [0.2, 0.25) is 5.02 Å². The summed E-state index contributed by atoms with van der Waals surface area (Å²) in [7, 11) is 1.64. The summed E-state index contributed by atoms with van der Waals surface area (Å²) < 4.78 is 13.2. The summed E-state index contributed by atoms with van der Waals surface area (Å²) in [5.41, 5.74) is 0.227. The van der Waals surface area contributed by atoms with E-state index in [1.807, 2.05) is 0 Å². The first-order chi connectivity index (χ1) is 13.2. The van der Waals surface area contributed by atoms with Crippen LogP contribution >= 0.6 is 11.6 Å². The van der Waals surface area contributed by atoms with E-state index in [1.165, 1.54) is 36.4 Å². The highest BCUT2D eigenvalue weighted by atomic mass is 35.5. The molecule has 28 heavy (non-hydrogen) atoms. The minimum atomic E-state index is -0.659. The fourth-order valence-corrected chi connectivity index (χ4v) is 2.53. The van der Waals surface area contributed by atoms with E-state index in [9.17, 15) is 24.1 Å². The van der Waals surface area contributed by atoms with Crippen molar-refractivity contribution in [2.24, 2.45) is 0 Å². The molecule has 8 nitrogen and oxygen atoms in total. The zero-order valence-corrected chi connectivity index (χ0v) is 15.9. The third-order valence-corrected chi connectivity index (χ3v) is 4.43. The predicted octanol–water partition coefficient (Wildman–Crippen LogP) is 1.87. The van der Waals surface area contributed by atoms with E-state index >= 15 is 0 Å². The number of hydrogen-bond acceptors (Lipinski definition) is 4. The summed E-state index contributed by atoms with van der Waals surface area (Å²) in [6, 6.07) is 8.54. The van der Waals surface area contributed by atoms with Crippen molar-refractivity contribution in [3.63, 3.8) is 0 Å². The van der Waals surface area contributed by atoms with Crippen molar-refractivity contribution < 1.29 is 23.8 Å². The van der Waals surface area contributed by atoms with Crippen molar-refractivity contribution in [2.45, 2.75) is 13.0 Å². The van der Waals surface area contributed by atoms with E-state index in [1.54, 1.807) is 20.0 Å². The quantitative estimate of drug-likeness (QED) is 0.479. The summed E-state index contributed by atoms with van der Waals surface area (Å²) >= 11 is 5.98. The maximum absolute atomic E-state index is 13.2. The third kappa shape index (κ3) is 5.73. The number of anilines is 2. The second kappa shape index (κ2) is 9.25. The molecule has 3 N–H and O–H groups in total. The number of likely N-dealkylation sites (N-methyl/N-ethyl adjacent to an activating group) is 1. The molecule has 2 amide bonds. The molecule has 0 saturated carbocycles. The van der Waals surface area contributed by atoms with Crippen LogP contribution in [0.1, 0.15) is 6.92 Å². The van der Waals surface area contributed by atoms with Crippen LogP contribution in [0, 0.1) is 15.9 Å². The molecule has 0 aromatic heterocycles. The number of carbonyl (C=O) groups is 2. The van der Waals surface area contributed by atoms with E-state index in [2.05, 4.69) is 10.6 Å². The van der Waals surface area contributed by atoms with Gasteiger partial charge in [-0.05, 0) is 31.2 Å². The average molecular weight is 410 g/mol. The lowest BCUT2D eigenvalue weighted by molar-refractivity contribution is -0.885. The first kappa shape index (κ1) is 21.3. The average Bonchev–Trinajstić information content (AvgIpc) is 2.62. The zero-order chi connectivity index (χ0) is 20.8. The Kier molecular flexibility index (Phi) is 7.02. The second-order valence-electron chi connectivity index (χ2n) is 6.21. The highest BCUT2D eigenvalue weighted by Gasteiger charge is 2.25. The van der Waals surface area contributed by atoms with Gasteiger partial charge in [-0.15, -0.1) is 0 Å². The summed E-state index contributed by atoms with van der Waals surface area (Å²) in [5.74, 6) is -1.32. The Bertz CT molecular complexity index is 909. The topological polar surface area (TPSA) is 106 Å². The number of hydrogen-bond donors (Lipinski definition) is 3. The van der Waals surface area contributed by atoms with Crippen LogP contribution in [0.4, 0.5) is 21.5 Å². The number of halogens is 2. The van der Waals surface area contributed by atoms with Gasteiger partial charge in [-0.25, -0.2) is 4.39 Å². The molecule has 2 aromatic carbocycles. The normalized spacial score (nSPS) is 12.7. The Hall–Kier alpha value is -3.04. The third-order valence-electron chi connectivity index (χ3n) is 4.10. The molecule has 0 spiro atoms. The van der Waals surface area contributed by atoms with Gasteiger partial charge in [-0.2, -0.15) is 0 Å². The van der Waals surface area contributed by atoms with Crippen LogP contribution in [0.15, 0.2) is 42.5 Å². The summed E-state index contributed by atoms with van der Waals surface area (Å²) in [6.07, 6.45) is 0. The lowest BCUT2D eigenvalue weighted by Crippen LogP contribution is -3.14. The number of carbonyl (C=O) groups excluding carboxylic acids is 2. The first-order valence-corrected chi connectivity index (χ1v) is 8.67. The SMILES string of the molecule is C[C@@H](C(=O)Nc1cc([N+](=O)[O-])ccc1Cl)[NH+](C)CC(=O)Nc1cccc(F)c1. The molecule has 0 aliphatic carbocycles. The standard InChI is InChI=1S/C18H18ClFN4O4/c1-11(18(26)22-16-9-14(24(27)28)6-7-15(16)19)23(2)10-17(25)21-13-5-3-4-12(20)8-13/h3-9,11H,10H2,1-2H3,(H,21,25)(H,22,26)/p+1/t11-/m0/s1. The van der Waals surface area contributed by atoms with Gasteiger partial charge >= 0.3 is 0 Å². The fourth-order valence-electron chi connectivity index (χ4n) is 2.37. The molecule has 0 saturated heterocycles. The van der Waals surface area contributed by atoms with Gasteiger partial charge in [0.1, 0.15) is 5.82 Å². The Morgan fingerprint density at radius 3 is 2.61 bits per heavy atom. The molecular weight excluding hydrogens is 391 g/mol. The highest BCUT2D eigenvalue weighted by molar-refractivity contribution is 6.33. The van der Waals surface area contributed by atoms with E-state index in [-0.39, 0.29) is 22.9 Å². The van der Waals surface area contributed by atoms with Crippen molar-refractivity contribution in [3.8, 4) is 0 Å². The van der Waals surface area contributed by atoms with Crippen LogP contribution in [0.5, 0.6) is 0 Å². The molecule has 0 radical (unpaired) electrons. The molecule has 0 aliphatic heterocycles. The van der Waals surface area contributed by atoms with Crippen LogP contribution in [0.3, 0.4) is 0 Å². The van der Waals surface area contributed by atoms with Crippen molar-refractivity contribution in [1.29, 1.82) is 0 Å². The number of amides is 2. The predicted molar refractivity (Wildman–Crippen MR) is 103 cm³/mol. The van der Waals surface area contributed by atoms with E-state index in [0.29, 0.717) is 10.6 Å². The molecule has 1 unspecified atom stereocenters. The maximum Gasteiger partial charge on any atom is 0.282 e. The monoisotopic (exact) mass is 409 g/mol. The summed E-state index contributed by atoms with van der Waals surface area (Å²) in [4.78, 5) is 35.4. The molecule has 2 rings (SSSR count). The van der Waals surface area contributed by atoms with Gasteiger partial charge in [-0.1, -0.05) is 17.7 Å². The smallest absolute Gasteiger partial charge is 0.282 e. The van der Waals surface area contributed by atoms with Gasteiger partial charge < -0.3 is 15.5 Å². The number of nitrogens with zero attached hydrogens (tertiary/aromatic N) is 1. The Balaban J connectivity index is 1.97. The highest BCUT2D eigenvalue weighted by Crippen LogP contribution is 2.26. The van der Waals surface area contributed by atoms with Crippen LogP contribution < -0.4 is 15.5 Å². The van der Waals surface area contributed by atoms with E-state index < -0.39 is 28.6 Å². The van der Waals surface area contributed by atoms with Gasteiger partial charge in [0.2, 0.25) is 0 Å². The van der Waals surface area contributed by atoms with Crippen LogP contribution in [-0.2, 0) is 9.59 Å². The summed E-state index contributed by atoms with van der Waals surface area (Å²) in [5, 5.41) is 16.1. The second-order valence-corrected chi connectivity index (χ2v) is 6.62. The van der Waals surface area contributed by atoms with Crippen molar-refractivity contribution in [3.05, 3.63) is 63.4 Å². The molecule has 0 heterocycles. The van der Waals surface area contributed by atoms with Gasteiger partial charge in [0.25, 0.3) is 17.5 Å².